The Hall–Kier alpha value is -3.37. The molecule has 0 fully saturated rings. The van der Waals surface area contributed by atoms with E-state index in [4.69, 9.17) is 17.0 Å². The molecule has 2 heterocycles. The second-order valence-corrected chi connectivity index (χ2v) is 7.05. The van der Waals surface area contributed by atoms with Gasteiger partial charge in [0.1, 0.15) is 17.1 Å². The van der Waals surface area contributed by atoms with Gasteiger partial charge in [-0.3, -0.25) is 10.1 Å². The summed E-state index contributed by atoms with van der Waals surface area (Å²) < 4.78 is 6.71. The van der Waals surface area contributed by atoms with Gasteiger partial charge in [0.25, 0.3) is 5.91 Å². The number of nitrogens with one attached hydrogen (secondary N) is 2. The normalized spacial score (nSPS) is 10.6. The smallest absolute Gasteiger partial charge is 0.257 e. The van der Waals surface area contributed by atoms with Crippen LogP contribution >= 0.6 is 23.6 Å². The summed E-state index contributed by atoms with van der Waals surface area (Å²) in [6.45, 7) is 0. The van der Waals surface area contributed by atoms with Crippen molar-refractivity contribution in [2.24, 2.45) is 0 Å². The Kier molecular flexibility index (Phi) is 4.96. The lowest BCUT2D eigenvalue weighted by Gasteiger charge is -2.10. The summed E-state index contributed by atoms with van der Waals surface area (Å²) in [4.78, 5) is 13.0. The number of benzene rings is 2. The number of carbonyl (C=O) groups is 1. The van der Waals surface area contributed by atoms with Gasteiger partial charge in [-0.05, 0) is 48.6 Å². The van der Waals surface area contributed by atoms with E-state index in [0.29, 0.717) is 11.3 Å². The molecule has 0 spiro atoms. The lowest BCUT2D eigenvalue weighted by Crippen LogP contribution is -2.34. The zero-order valence-electron chi connectivity index (χ0n) is 14.6. The molecule has 0 aliphatic rings. The number of ether oxygens (including phenoxy) is 1. The van der Waals surface area contributed by atoms with Crippen molar-refractivity contribution in [3.05, 3.63) is 60.4 Å². The minimum atomic E-state index is -0.301. The fourth-order valence-corrected chi connectivity index (χ4v) is 3.51. The molecule has 0 unspecified atom stereocenters. The molecule has 0 aliphatic carbocycles. The Balaban J connectivity index is 1.44. The first-order chi connectivity index (χ1) is 13.6. The van der Waals surface area contributed by atoms with Gasteiger partial charge in [-0.1, -0.05) is 23.5 Å². The van der Waals surface area contributed by atoms with Crippen LogP contribution in [-0.4, -0.2) is 37.9 Å². The number of hydrogen-bond donors (Lipinski definition) is 2. The molecule has 0 radical (unpaired) electrons. The lowest BCUT2D eigenvalue weighted by molar-refractivity contribution is 0.0977. The Morgan fingerprint density at radius 3 is 2.79 bits per heavy atom. The summed E-state index contributed by atoms with van der Waals surface area (Å²) in [6, 6.07) is 14.4. The number of methoxy groups -OCH3 is 1. The number of carbonyl (C=O) groups excluding carboxylic acids is 1. The monoisotopic (exact) mass is 410 g/mol. The van der Waals surface area contributed by atoms with E-state index in [-0.39, 0.29) is 11.0 Å². The van der Waals surface area contributed by atoms with Gasteiger partial charge in [0, 0.05) is 16.8 Å². The lowest BCUT2D eigenvalue weighted by atomic mass is 10.2. The molecule has 2 N–H and O–H groups in total. The predicted octanol–water partition coefficient (Wildman–Crippen LogP) is 2.99. The number of fused-ring (bicyclic) bond motifs is 1. The molecule has 140 valence electrons. The van der Waals surface area contributed by atoms with Crippen molar-refractivity contribution in [3.8, 4) is 16.3 Å². The molecular weight excluding hydrogens is 396 g/mol. The van der Waals surface area contributed by atoms with Crippen LogP contribution in [0.1, 0.15) is 10.4 Å². The van der Waals surface area contributed by atoms with Crippen LogP contribution < -0.4 is 15.4 Å². The fraction of sp³-hybridized carbons (Fsp3) is 0.0556. The first kappa shape index (κ1) is 18.0. The van der Waals surface area contributed by atoms with Gasteiger partial charge in [-0.25, -0.2) is 0 Å². The van der Waals surface area contributed by atoms with E-state index in [0.717, 1.165) is 21.2 Å². The highest BCUT2D eigenvalue weighted by molar-refractivity contribution is 7.80. The summed E-state index contributed by atoms with van der Waals surface area (Å²) in [7, 11) is 1.57. The average Bonchev–Trinajstić information content (AvgIpc) is 3.30. The molecule has 0 saturated heterocycles. The third kappa shape index (κ3) is 3.82. The highest BCUT2D eigenvalue weighted by Crippen LogP contribution is 2.26. The van der Waals surface area contributed by atoms with Crippen LogP contribution in [0.2, 0.25) is 0 Å². The summed E-state index contributed by atoms with van der Waals surface area (Å²) in [5.74, 6) is 0.379. The number of amides is 1. The zero-order valence-corrected chi connectivity index (χ0v) is 16.3. The molecule has 4 rings (SSSR count). The number of aromatic nitrogens is 4. The molecule has 8 nitrogen and oxygen atoms in total. The zero-order chi connectivity index (χ0) is 19.5. The van der Waals surface area contributed by atoms with Crippen molar-refractivity contribution in [1.82, 2.24) is 25.1 Å². The van der Waals surface area contributed by atoms with Crippen LogP contribution in [0.5, 0.6) is 5.75 Å². The first-order valence-corrected chi connectivity index (χ1v) is 9.38. The van der Waals surface area contributed by atoms with Gasteiger partial charge < -0.3 is 10.1 Å². The third-order valence-electron chi connectivity index (χ3n) is 3.83. The van der Waals surface area contributed by atoms with Gasteiger partial charge >= 0.3 is 0 Å². The highest BCUT2D eigenvalue weighted by atomic mass is 32.1. The highest BCUT2D eigenvalue weighted by Gasteiger charge is 2.10. The molecule has 10 heteroatoms. The average molecular weight is 410 g/mol. The van der Waals surface area contributed by atoms with Crippen LogP contribution in [0, 0.1) is 0 Å². The van der Waals surface area contributed by atoms with E-state index >= 15 is 0 Å². The Morgan fingerprint density at radius 1 is 1.21 bits per heavy atom. The van der Waals surface area contributed by atoms with Crippen molar-refractivity contribution in [2.75, 3.05) is 12.4 Å². The molecule has 2 aromatic carbocycles. The van der Waals surface area contributed by atoms with Crippen molar-refractivity contribution in [3.63, 3.8) is 0 Å². The van der Waals surface area contributed by atoms with E-state index in [1.807, 2.05) is 24.3 Å². The summed E-state index contributed by atoms with van der Waals surface area (Å²) >= 11 is 6.69. The molecule has 0 bridgehead atoms. The van der Waals surface area contributed by atoms with Gasteiger partial charge in [-0.15, -0.1) is 10.2 Å². The maximum atomic E-state index is 12.3. The van der Waals surface area contributed by atoms with E-state index in [2.05, 4.69) is 25.9 Å². The number of anilines is 1. The van der Waals surface area contributed by atoms with Gasteiger partial charge in [0.15, 0.2) is 5.11 Å². The van der Waals surface area contributed by atoms with E-state index in [9.17, 15) is 4.79 Å². The van der Waals surface area contributed by atoms with Crippen LogP contribution in [-0.2, 0) is 0 Å². The Morgan fingerprint density at radius 2 is 2.04 bits per heavy atom. The fourth-order valence-electron chi connectivity index (χ4n) is 2.49. The van der Waals surface area contributed by atoms with Crippen LogP contribution in [0.25, 0.3) is 15.5 Å². The number of rotatable bonds is 4. The quantitative estimate of drug-likeness (QED) is 0.500. The minimum absolute atomic E-state index is 0.205. The first-order valence-electron chi connectivity index (χ1n) is 8.16. The summed E-state index contributed by atoms with van der Waals surface area (Å²) in [5.41, 5.74) is 2.13. The standard InChI is InChI=1S/C18H14N6O2S2/c1-26-14-7-5-11(6-8-14)15(25)21-17(27)20-13-4-2-3-12(9-13)16-23-24-10-19-22-18(24)28-16/h2-10H,1H3,(H2,20,21,25,27). The van der Waals surface area contributed by atoms with Crippen molar-refractivity contribution in [2.45, 2.75) is 0 Å². The number of hydrogen-bond acceptors (Lipinski definition) is 7. The van der Waals surface area contributed by atoms with Crippen LogP contribution in [0.3, 0.4) is 0 Å². The Labute approximate surface area is 169 Å². The largest absolute Gasteiger partial charge is 0.497 e. The second kappa shape index (κ2) is 7.71. The van der Waals surface area contributed by atoms with Crippen molar-refractivity contribution < 1.29 is 9.53 Å². The molecule has 0 saturated carbocycles. The van der Waals surface area contributed by atoms with E-state index in [1.165, 1.54) is 11.3 Å². The van der Waals surface area contributed by atoms with Crippen molar-refractivity contribution >= 4 is 45.2 Å². The minimum Gasteiger partial charge on any atom is -0.497 e. The third-order valence-corrected chi connectivity index (χ3v) is 5.00. The SMILES string of the molecule is COc1ccc(C(=O)NC(=S)Nc2cccc(-c3nn4cnnc4s3)c2)cc1. The summed E-state index contributed by atoms with van der Waals surface area (Å²) in [5, 5.41) is 18.9. The van der Waals surface area contributed by atoms with Crippen molar-refractivity contribution in [1.29, 1.82) is 0 Å². The summed E-state index contributed by atoms with van der Waals surface area (Å²) in [6.07, 6.45) is 1.56. The number of thiocarbonyl (C=S) groups is 1. The van der Waals surface area contributed by atoms with Gasteiger partial charge in [0.05, 0.1) is 7.11 Å². The topological polar surface area (TPSA) is 93.4 Å². The molecule has 0 aliphatic heterocycles. The molecule has 0 atom stereocenters. The predicted molar refractivity (Wildman–Crippen MR) is 111 cm³/mol. The maximum Gasteiger partial charge on any atom is 0.257 e. The molecule has 2 aromatic heterocycles. The molecule has 1 amide bonds. The maximum absolute atomic E-state index is 12.3. The molecular formula is C18H14N6O2S2. The van der Waals surface area contributed by atoms with Crippen LogP contribution in [0.15, 0.2) is 54.9 Å². The molecule has 4 aromatic rings. The van der Waals surface area contributed by atoms with Gasteiger partial charge in [-0.2, -0.15) is 9.61 Å². The van der Waals surface area contributed by atoms with Crippen LogP contribution in [0.4, 0.5) is 5.69 Å². The van der Waals surface area contributed by atoms with E-state index < -0.39 is 0 Å². The second-order valence-electron chi connectivity index (χ2n) is 5.68. The number of nitrogens with zero attached hydrogens (tertiary/aromatic N) is 4. The molecule has 28 heavy (non-hydrogen) atoms. The Bertz CT molecular complexity index is 1120. The van der Waals surface area contributed by atoms with E-state index in [1.54, 1.807) is 42.2 Å². The van der Waals surface area contributed by atoms with Gasteiger partial charge in [0.2, 0.25) is 4.96 Å².